The Morgan fingerprint density at radius 1 is 1.11 bits per heavy atom. The van der Waals surface area contributed by atoms with Crippen molar-refractivity contribution in [1.82, 2.24) is 25.0 Å². The number of methoxy groups -OCH3 is 1. The zero-order valence-electron chi connectivity index (χ0n) is 20.9. The highest BCUT2D eigenvalue weighted by Gasteiger charge is 2.24. The third kappa shape index (κ3) is 5.67. The largest absolute Gasteiger partial charge is 0.508 e. The minimum atomic E-state index is -0.412. The summed E-state index contributed by atoms with van der Waals surface area (Å²) in [6, 6.07) is 10.8. The Kier molecular flexibility index (Phi) is 8.19. The van der Waals surface area contributed by atoms with Crippen LogP contribution in [0.3, 0.4) is 0 Å². The fraction of sp³-hybridized carbons (Fsp3) is 0.423. The van der Waals surface area contributed by atoms with E-state index in [0.717, 1.165) is 38.4 Å². The number of aromatic nitrogens is 3. The summed E-state index contributed by atoms with van der Waals surface area (Å²) in [5, 5.41) is 32.2. The summed E-state index contributed by atoms with van der Waals surface area (Å²) in [7, 11) is 1.56. The fourth-order valence-electron chi connectivity index (χ4n) is 4.20. The van der Waals surface area contributed by atoms with Crippen LogP contribution in [0.4, 0.5) is 0 Å². The van der Waals surface area contributed by atoms with Crippen LogP contribution in [0.25, 0.3) is 17.1 Å². The lowest BCUT2D eigenvalue weighted by Gasteiger charge is -2.26. The molecule has 0 bridgehead atoms. The second-order valence-corrected chi connectivity index (χ2v) is 9.07. The minimum Gasteiger partial charge on any atom is -0.508 e. The number of carbonyl (C=O) groups is 1. The molecule has 192 valence electrons. The lowest BCUT2D eigenvalue weighted by molar-refractivity contribution is 0.0342. The predicted octanol–water partition coefficient (Wildman–Crippen LogP) is 2.68. The highest BCUT2D eigenvalue weighted by Crippen LogP contribution is 2.38. The molecule has 4 rings (SSSR count). The standard InChI is InChI=1S/C26H33N5O5/c1-17(2)20-14-21(23(33)15-22(20)32)24-28-29-25(26(34)27-8-11-35-3)31(24)19-6-4-18(5-7-19)16-30-9-12-36-13-10-30/h4-7,14-15,17,32-33H,8-13,16H2,1-3H3,(H,27,34). The van der Waals surface area contributed by atoms with Crippen LogP contribution in [0, 0.1) is 0 Å². The number of phenolic OH excluding ortho intramolecular Hbond substituents is 2. The Bertz CT molecular complexity index is 1190. The average molecular weight is 496 g/mol. The van der Waals surface area contributed by atoms with Gasteiger partial charge in [-0.05, 0) is 35.2 Å². The molecule has 1 fully saturated rings. The Hall–Kier alpha value is -3.47. The first-order valence-corrected chi connectivity index (χ1v) is 12.1. The normalized spacial score (nSPS) is 14.3. The summed E-state index contributed by atoms with van der Waals surface area (Å²) < 4.78 is 12.1. The van der Waals surface area contributed by atoms with Crippen LogP contribution in [-0.2, 0) is 16.0 Å². The van der Waals surface area contributed by atoms with Gasteiger partial charge in [0.25, 0.3) is 5.91 Å². The van der Waals surface area contributed by atoms with Crippen LogP contribution in [0.2, 0.25) is 0 Å². The molecule has 0 saturated carbocycles. The first kappa shape index (κ1) is 25.6. The SMILES string of the molecule is COCCNC(=O)c1nnc(-c2cc(C(C)C)c(O)cc2O)n1-c1ccc(CN2CCOCC2)cc1. The van der Waals surface area contributed by atoms with E-state index in [9.17, 15) is 15.0 Å². The molecule has 10 nitrogen and oxygen atoms in total. The summed E-state index contributed by atoms with van der Waals surface area (Å²) in [5.74, 6) is -0.168. The van der Waals surface area contributed by atoms with Gasteiger partial charge in [0.2, 0.25) is 5.82 Å². The van der Waals surface area contributed by atoms with E-state index in [1.54, 1.807) is 17.7 Å². The van der Waals surface area contributed by atoms with Crippen LogP contribution in [0.5, 0.6) is 11.5 Å². The first-order chi connectivity index (χ1) is 17.4. The molecular weight excluding hydrogens is 462 g/mol. The number of aromatic hydroxyl groups is 2. The smallest absolute Gasteiger partial charge is 0.289 e. The third-order valence-corrected chi connectivity index (χ3v) is 6.17. The molecule has 36 heavy (non-hydrogen) atoms. The molecule has 0 unspecified atom stereocenters. The first-order valence-electron chi connectivity index (χ1n) is 12.1. The second-order valence-electron chi connectivity index (χ2n) is 9.07. The van der Waals surface area contributed by atoms with Gasteiger partial charge in [-0.3, -0.25) is 14.3 Å². The number of amides is 1. The van der Waals surface area contributed by atoms with Crippen LogP contribution in [-0.4, -0.2) is 82.3 Å². The molecule has 10 heteroatoms. The van der Waals surface area contributed by atoms with E-state index < -0.39 is 5.91 Å². The Balaban J connectivity index is 1.74. The number of nitrogens with one attached hydrogen (secondary N) is 1. The van der Waals surface area contributed by atoms with Gasteiger partial charge >= 0.3 is 0 Å². The summed E-state index contributed by atoms with van der Waals surface area (Å²) in [6.45, 7) is 8.63. The molecule has 3 N–H and O–H groups in total. The van der Waals surface area contributed by atoms with Crippen molar-refractivity contribution >= 4 is 5.91 Å². The monoisotopic (exact) mass is 495 g/mol. The van der Waals surface area contributed by atoms with Crippen molar-refractivity contribution in [2.45, 2.75) is 26.3 Å². The minimum absolute atomic E-state index is 0.00214. The van der Waals surface area contributed by atoms with E-state index in [2.05, 4.69) is 20.4 Å². The van der Waals surface area contributed by atoms with Crippen LogP contribution < -0.4 is 5.32 Å². The fourth-order valence-corrected chi connectivity index (χ4v) is 4.20. The highest BCUT2D eigenvalue weighted by atomic mass is 16.5. The van der Waals surface area contributed by atoms with Gasteiger partial charge in [-0.15, -0.1) is 10.2 Å². The molecule has 1 aliphatic rings. The molecule has 3 aromatic rings. The lowest BCUT2D eigenvalue weighted by atomic mass is 9.98. The van der Waals surface area contributed by atoms with Crippen molar-refractivity contribution in [3.8, 4) is 28.6 Å². The summed E-state index contributed by atoms with van der Waals surface area (Å²) in [4.78, 5) is 15.3. The number of nitrogens with zero attached hydrogens (tertiary/aromatic N) is 4. The molecule has 1 aliphatic heterocycles. The van der Waals surface area contributed by atoms with Crippen molar-refractivity contribution in [2.24, 2.45) is 0 Å². The number of hydrogen-bond donors (Lipinski definition) is 3. The second kappa shape index (κ2) is 11.5. The summed E-state index contributed by atoms with van der Waals surface area (Å²) in [6.07, 6.45) is 0. The molecule has 1 aromatic heterocycles. The van der Waals surface area contributed by atoms with Gasteiger partial charge in [0.1, 0.15) is 11.5 Å². The average Bonchev–Trinajstić information content (AvgIpc) is 3.30. The maximum Gasteiger partial charge on any atom is 0.289 e. The van der Waals surface area contributed by atoms with Gasteiger partial charge in [0, 0.05) is 45.0 Å². The quantitative estimate of drug-likeness (QED) is 0.388. The molecule has 0 spiro atoms. The molecule has 1 amide bonds. The van der Waals surface area contributed by atoms with Crippen molar-refractivity contribution in [1.29, 1.82) is 0 Å². The van der Waals surface area contributed by atoms with E-state index in [0.29, 0.717) is 35.8 Å². The molecule has 2 aromatic carbocycles. The number of ether oxygens (including phenoxy) is 2. The number of carbonyl (C=O) groups excluding carboxylic acids is 1. The number of morpholine rings is 1. The van der Waals surface area contributed by atoms with Crippen molar-refractivity contribution in [3.05, 3.63) is 53.3 Å². The molecule has 0 atom stereocenters. The van der Waals surface area contributed by atoms with Crippen molar-refractivity contribution in [3.63, 3.8) is 0 Å². The third-order valence-electron chi connectivity index (χ3n) is 6.17. The summed E-state index contributed by atoms with van der Waals surface area (Å²) >= 11 is 0. The van der Waals surface area contributed by atoms with E-state index in [1.165, 1.54) is 6.07 Å². The van der Waals surface area contributed by atoms with Crippen LogP contribution >= 0.6 is 0 Å². The Morgan fingerprint density at radius 3 is 2.50 bits per heavy atom. The molecule has 1 saturated heterocycles. The zero-order chi connectivity index (χ0) is 25.7. The van der Waals surface area contributed by atoms with Crippen LogP contribution in [0.1, 0.15) is 41.5 Å². The van der Waals surface area contributed by atoms with E-state index in [-0.39, 0.29) is 23.2 Å². The van der Waals surface area contributed by atoms with E-state index >= 15 is 0 Å². The van der Waals surface area contributed by atoms with Crippen molar-refractivity contribution < 1.29 is 24.5 Å². The number of phenols is 2. The van der Waals surface area contributed by atoms with Gasteiger partial charge in [0.15, 0.2) is 5.82 Å². The maximum atomic E-state index is 13.0. The number of hydrogen-bond acceptors (Lipinski definition) is 8. The van der Waals surface area contributed by atoms with Gasteiger partial charge in [-0.2, -0.15) is 0 Å². The molecular formula is C26H33N5O5. The number of rotatable bonds is 9. The molecule has 0 aliphatic carbocycles. The van der Waals surface area contributed by atoms with Gasteiger partial charge in [-0.1, -0.05) is 26.0 Å². The van der Waals surface area contributed by atoms with Crippen LogP contribution in [0.15, 0.2) is 36.4 Å². The van der Waals surface area contributed by atoms with Gasteiger partial charge in [0.05, 0.1) is 25.4 Å². The lowest BCUT2D eigenvalue weighted by Crippen LogP contribution is -2.35. The Labute approximate surface area is 210 Å². The van der Waals surface area contributed by atoms with E-state index in [1.807, 2.05) is 38.1 Å². The number of benzene rings is 2. The zero-order valence-corrected chi connectivity index (χ0v) is 20.9. The van der Waals surface area contributed by atoms with Gasteiger partial charge in [-0.25, -0.2) is 0 Å². The molecule has 0 radical (unpaired) electrons. The Morgan fingerprint density at radius 2 is 1.83 bits per heavy atom. The predicted molar refractivity (Wildman–Crippen MR) is 135 cm³/mol. The highest BCUT2D eigenvalue weighted by molar-refractivity contribution is 5.92. The van der Waals surface area contributed by atoms with Crippen molar-refractivity contribution in [2.75, 3.05) is 46.6 Å². The maximum absolute atomic E-state index is 13.0. The topological polar surface area (TPSA) is 122 Å². The summed E-state index contributed by atoms with van der Waals surface area (Å²) in [5.41, 5.74) is 2.84. The molecule has 2 heterocycles. The van der Waals surface area contributed by atoms with E-state index in [4.69, 9.17) is 9.47 Å². The van der Waals surface area contributed by atoms with Gasteiger partial charge < -0.3 is 25.0 Å².